The van der Waals surface area contributed by atoms with Crippen molar-refractivity contribution in [3.63, 3.8) is 0 Å². The molecule has 2 rings (SSSR count). The summed E-state index contributed by atoms with van der Waals surface area (Å²) in [6.07, 6.45) is 3.59. The van der Waals surface area contributed by atoms with E-state index in [2.05, 4.69) is 16.7 Å². The molecule has 2 aliphatic rings. The third-order valence-corrected chi connectivity index (χ3v) is 3.64. The maximum Gasteiger partial charge on any atom is 0.0524 e. The molecule has 0 radical (unpaired) electrons. The molecule has 1 saturated carbocycles. The molecule has 3 nitrogen and oxygen atoms in total. The van der Waals surface area contributed by atoms with Crippen LogP contribution in [0.15, 0.2) is 0 Å². The molecule has 0 amide bonds. The molecule has 3 heteroatoms. The maximum absolute atomic E-state index is 9.26. The Bertz CT molecular complexity index is 204. The first-order valence-electron chi connectivity index (χ1n) is 6.33. The molecule has 1 N–H and O–H groups in total. The summed E-state index contributed by atoms with van der Waals surface area (Å²) in [5.41, 5.74) is 0. The molecule has 1 aliphatic heterocycles. The smallest absolute Gasteiger partial charge is 0.0524 e. The van der Waals surface area contributed by atoms with Crippen LogP contribution in [-0.4, -0.2) is 59.3 Å². The van der Waals surface area contributed by atoms with Crippen LogP contribution in [0.2, 0.25) is 0 Å². The lowest BCUT2D eigenvalue weighted by Crippen LogP contribution is -2.52. The third kappa shape index (κ3) is 3.16. The van der Waals surface area contributed by atoms with Crippen molar-refractivity contribution in [1.29, 1.82) is 0 Å². The van der Waals surface area contributed by atoms with Gasteiger partial charge in [0.25, 0.3) is 0 Å². The normalized spacial score (nSPS) is 31.8. The van der Waals surface area contributed by atoms with E-state index in [1.807, 2.05) is 6.92 Å². The highest BCUT2D eigenvalue weighted by atomic mass is 16.3. The first kappa shape index (κ1) is 11.4. The Hall–Kier alpha value is -0.120. The zero-order valence-electron chi connectivity index (χ0n) is 10.0. The van der Waals surface area contributed by atoms with Gasteiger partial charge in [0.2, 0.25) is 0 Å². The van der Waals surface area contributed by atoms with Gasteiger partial charge in [-0.25, -0.2) is 0 Å². The van der Waals surface area contributed by atoms with Gasteiger partial charge in [0.1, 0.15) is 0 Å². The van der Waals surface area contributed by atoms with Crippen LogP contribution < -0.4 is 0 Å². The quantitative estimate of drug-likeness (QED) is 0.751. The Labute approximate surface area is 93.1 Å². The monoisotopic (exact) mass is 212 g/mol. The van der Waals surface area contributed by atoms with Gasteiger partial charge in [-0.2, -0.15) is 0 Å². The van der Waals surface area contributed by atoms with E-state index in [9.17, 15) is 5.11 Å². The lowest BCUT2D eigenvalue weighted by molar-refractivity contribution is 0.0661. The fourth-order valence-corrected chi connectivity index (χ4v) is 2.57. The summed E-state index contributed by atoms with van der Waals surface area (Å²) in [4.78, 5) is 5.16. The number of nitrogens with zero attached hydrogens (tertiary/aromatic N) is 2. The fourth-order valence-electron chi connectivity index (χ4n) is 2.57. The van der Waals surface area contributed by atoms with Crippen molar-refractivity contribution in [2.24, 2.45) is 0 Å². The number of hydrogen-bond donors (Lipinski definition) is 1. The molecular weight excluding hydrogens is 188 g/mol. The van der Waals surface area contributed by atoms with Crippen LogP contribution in [0.3, 0.4) is 0 Å². The van der Waals surface area contributed by atoms with E-state index in [-0.39, 0.29) is 6.10 Å². The minimum absolute atomic E-state index is 0.151. The van der Waals surface area contributed by atoms with E-state index < -0.39 is 0 Å². The zero-order valence-corrected chi connectivity index (χ0v) is 10.0. The number of piperazine rings is 1. The molecule has 0 aromatic carbocycles. The molecule has 2 atom stereocenters. The minimum Gasteiger partial charge on any atom is -0.393 e. The molecule has 0 aromatic rings. The Kier molecular flexibility index (Phi) is 3.65. The summed E-state index contributed by atoms with van der Waals surface area (Å²) in [5, 5.41) is 9.26. The molecule has 88 valence electrons. The van der Waals surface area contributed by atoms with Crippen LogP contribution in [0.25, 0.3) is 0 Å². The summed E-state index contributed by atoms with van der Waals surface area (Å²) in [7, 11) is 0. The molecule has 15 heavy (non-hydrogen) atoms. The maximum atomic E-state index is 9.26. The molecule has 0 spiro atoms. The van der Waals surface area contributed by atoms with Crippen molar-refractivity contribution in [3.05, 3.63) is 0 Å². The van der Waals surface area contributed by atoms with E-state index in [0.717, 1.165) is 19.0 Å². The van der Waals surface area contributed by atoms with Gasteiger partial charge in [-0.3, -0.25) is 4.90 Å². The van der Waals surface area contributed by atoms with Gasteiger partial charge in [0.05, 0.1) is 6.10 Å². The summed E-state index contributed by atoms with van der Waals surface area (Å²) < 4.78 is 0. The SMILES string of the molecule is CC(O)CCN1CCN(C2CC2)C(C)C1. The van der Waals surface area contributed by atoms with Crippen molar-refractivity contribution in [1.82, 2.24) is 9.80 Å². The molecule has 0 bridgehead atoms. The van der Waals surface area contributed by atoms with E-state index in [4.69, 9.17) is 0 Å². The van der Waals surface area contributed by atoms with Gasteiger partial charge < -0.3 is 10.0 Å². The van der Waals surface area contributed by atoms with Crippen molar-refractivity contribution in [3.8, 4) is 0 Å². The van der Waals surface area contributed by atoms with Crippen molar-refractivity contribution >= 4 is 0 Å². The summed E-state index contributed by atoms with van der Waals surface area (Å²) >= 11 is 0. The minimum atomic E-state index is -0.151. The first-order chi connectivity index (χ1) is 7.16. The van der Waals surface area contributed by atoms with Crippen LogP contribution >= 0.6 is 0 Å². The second kappa shape index (κ2) is 4.81. The highest BCUT2D eigenvalue weighted by Gasteiger charge is 2.34. The number of aliphatic hydroxyl groups excluding tert-OH is 1. The standard InChI is InChI=1S/C12H24N2O/c1-10-9-13(6-5-11(2)15)7-8-14(10)12-3-4-12/h10-12,15H,3-9H2,1-2H3. The topological polar surface area (TPSA) is 26.7 Å². The summed E-state index contributed by atoms with van der Waals surface area (Å²) in [6, 6.07) is 1.61. The third-order valence-electron chi connectivity index (χ3n) is 3.64. The molecule has 2 unspecified atom stereocenters. The van der Waals surface area contributed by atoms with Crippen LogP contribution in [0.5, 0.6) is 0 Å². The van der Waals surface area contributed by atoms with Gasteiger partial charge >= 0.3 is 0 Å². The van der Waals surface area contributed by atoms with Crippen LogP contribution in [-0.2, 0) is 0 Å². The molecular formula is C12H24N2O. The lowest BCUT2D eigenvalue weighted by Gasteiger charge is -2.40. The highest BCUT2D eigenvalue weighted by Crippen LogP contribution is 2.30. The van der Waals surface area contributed by atoms with Gasteiger partial charge in [-0.1, -0.05) is 0 Å². The Morgan fingerprint density at radius 3 is 2.60 bits per heavy atom. The van der Waals surface area contributed by atoms with Gasteiger partial charge in [0, 0.05) is 38.3 Å². The highest BCUT2D eigenvalue weighted by molar-refractivity contribution is 4.91. The van der Waals surface area contributed by atoms with Gasteiger partial charge in [-0.05, 0) is 33.1 Å². The predicted octanol–water partition coefficient (Wildman–Crippen LogP) is 0.926. The van der Waals surface area contributed by atoms with Crippen LogP contribution in [0, 0.1) is 0 Å². The van der Waals surface area contributed by atoms with Gasteiger partial charge in [-0.15, -0.1) is 0 Å². The van der Waals surface area contributed by atoms with E-state index in [1.54, 1.807) is 0 Å². The zero-order chi connectivity index (χ0) is 10.8. The predicted molar refractivity (Wildman–Crippen MR) is 61.9 cm³/mol. The Morgan fingerprint density at radius 1 is 1.33 bits per heavy atom. The second-order valence-electron chi connectivity index (χ2n) is 5.26. The van der Waals surface area contributed by atoms with Crippen LogP contribution in [0.4, 0.5) is 0 Å². The van der Waals surface area contributed by atoms with Crippen molar-refractivity contribution in [2.75, 3.05) is 26.2 Å². The Morgan fingerprint density at radius 2 is 2.07 bits per heavy atom. The van der Waals surface area contributed by atoms with Gasteiger partial charge in [0.15, 0.2) is 0 Å². The summed E-state index contributed by atoms with van der Waals surface area (Å²) in [5.74, 6) is 0. The van der Waals surface area contributed by atoms with Crippen molar-refractivity contribution < 1.29 is 5.11 Å². The second-order valence-corrected chi connectivity index (χ2v) is 5.26. The largest absolute Gasteiger partial charge is 0.393 e. The fraction of sp³-hybridized carbons (Fsp3) is 1.00. The van der Waals surface area contributed by atoms with E-state index in [0.29, 0.717) is 6.04 Å². The van der Waals surface area contributed by atoms with Crippen molar-refractivity contribution in [2.45, 2.75) is 51.3 Å². The molecule has 2 fully saturated rings. The number of hydrogen-bond acceptors (Lipinski definition) is 3. The average molecular weight is 212 g/mol. The van der Waals surface area contributed by atoms with E-state index >= 15 is 0 Å². The molecule has 1 aliphatic carbocycles. The average Bonchev–Trinajstić information content (AvgIpc) is 2.98. The first-order valence-corrected chi connectivity index (χ1v) is 6.33. The van der Waals surface area contributed by atoms with E-state index in [1.165, 1.54) is 32.5 Å². The molecule has 1 saturated heterocycles. The summed E-state index contributed by atoms with van der Waals surface area (Å²) in [6.45, 7) is 8.87. The lowest BCUT2D eigenvalue weighted by atomic mass is 10.1. The Balaban J connectivity index is 1.72. The number of rotatable bonds is 4. The molecule has 0 aromatic heterocycles. The molecule has 1 heterocycles. The number of aliphatic hydroxyl groups is 1. The van der Waals surface area contributed by atoms with Crippen LogP contribution in [0.1, 0.15) is 33.1 Å².